The Balaban J connectivity index is 1.85. The smallest absolute Gasteiger partial charge is 0.234 e. The van der Waals surface area contributed by atoms with Crippen LogP contribution in [0.1, 0.15) is 18.1 Å². The number of likely N-dealkylation sites (N-methyl/N-ethyl adjacent to an activating group) is 1. The molecule has 23 heavy (non-hydrogen) atoms. The van der Waals surface area contributed by atoms with Crippen molar-refractivity contribution in [2.24, 2.45) is 0 Å². The van der Waals surface area contributed by atoms with Crippen molar-refractivity contribution in [3.63, 3.8) is 0 Å². The topological polar surface area (TPSA) is 41.6 Å². The number of hydrogen-bond acceptors (Lipinski definition) is 3. The van der Waals surface area contributed by atoms with Crippen LogP contribution in [-0.4, -0.2) is 31.0 Å². The molecule has 0 atom stereocenters. The number of carbonyl (C=O) groups is 1. The summed E-state index contributed by atoms with van der Waals surface area (Å²) in [4.78, 5) is 14.3. The lowest BCUT2D eigenvalue weighted by Crippen LogP contribution is -2.36. The first-order chi connectivity index (χ1) is 11.2. The Kier molecular flexibility index (Phi) is 6.63. The first-order valence-electron chi connectivity index (χ1n) is 7.87. The molecular formula is C19H24N2O2. The highest BCUT2D eigenvalue weighted by Gasteiger charge is 2.10. The van der Waals surface area contributed by atoms with E-state index in [4.69, 9.17) is 4.74 Å². The Morgan fingerprint density at radius 2 is 1.78 bits per heavy atom. The third kappa shape index (κ3) is 5.42. The van der Waals surface area contributed by atoms with E-state index in [1.165, 1.54) is 5.56 Å². The van der Waals surface area contributed by atoms with Crippen molar-refractivity contribution < 1.29 is 9.53 Å². The average Bonchev–Trinajstić information content (AvgIpc) is 2.60. The molecule has 0 aliphatic heterocycles. The molecule has 2 aromatic carbocycles. The minimum absolute atomic E-state index is 0.0219. The lowest BCUT2D eigenvalue weighted by Gasteiger charge is -2.20. The van der Waals surface area contributed by atoms with Crippen molar-refractivity contribution in [2.75, 3.05) is 20.2 Å². The Morgan fingerprint density at radius 1 is 1.09 bits per heavy atom. The summed E-state index contributed by atoms with van der Waals surface area (Å²) in [5.41, 5.74) is 2.20. The molecule has 4 nitrogen and oxygen atoms in total. The van der Waals surface area contributed by atoms with Crippen molar-refractivity contribution >= 4 is 5.91 Å². The second-order valence-electron chi connectivity index (χ2n) is 5.38. The minimum atomic E-state index is 0.0219. The van der Waals surface area contributed by atoms with Crippen LogP contribution >= 0.6 is 0 Å². The number of methoxy groups -OCH3 is 1. The highest BCUT2D eigenvalue weighted by atomic mass is 16.5. The van der Waals surface area contributed by atoms with Gasteiger partial charge in [0.25, 0.3) is 0 Å². The number of ether oxygens (including phenoxy) is 1. The zero-order chi connectivity index (χ0) is 16.5. The summed E-state index contributed by atoms with van der Waals surface area (Å²) in [6.07, 6.45) is 0. The van der Waals surface area contributed by atoms with Gasteiger partial charge >= 0.3 is 0 Å². The van der Waals surface area contributed by atoms with Gasteiger partial charge in [-0.2, -0.15) is 0 Å². The monoisotopic (exact) mass is 312 g/mol. The van der Waals surface area contributed by atoms with E-state index in [0.717, 1.165) is 24.4 Å². The van der Waals surface area contributed by atoms with E-state index in [1.54, 1.807) is 7.11 Å². The third-order valence-electron chi connectivity index (χ3n) is 3.73. The number of amides is 1. The normalized spacial score (nSPS) is 10.6. The van der Waals surface area contributed by atoms with Crippen LogP contribution in [0.3, 0.4) is 0 Å². The molecule has 0 saturated carbocycles. The second-order valence-corrected chi connectivity index (χ2v) is 5.38. The lowest BCUT2D eigenvalue weighted by atomic mass is 10.2. The molecule has 4 heteroatoms. The predicted molar refractivity (Wildman–Crippen MR) is 92.2 cm³/mol. The van der Waals surface area contributed by atoms with Crippen LogP contribution in [0.25, 0.3) is 0 Å². The van der Waals surface area contributed by atoms with E-state index in [-0.39, 0.29) is 5.91 Å². The van der Waals surface area contributed by atoms with Crippen LogP contribution in [-0.2, 0) is 17.9 Å². The van der Waals surface area contributed by atoms with E-state index >= 15 is 0 Å². The van der Waals surface area contributed by atoms with Gasteiger partial charge in [0, 0.05) is 18.7 Å². The van der Waals surface area contributed by atoms with Gasteiger partial charge in [-0.05, 0) is 18.2 Å². The van der Waals surface area contributed by atoms with E-state index in [2.05, 4.69) is 29.3 Å². The molecule has 122 valence electrons. The van der Waals surface area contributed by atoms with Crippen LogP contribution in [0.5, 0.6) is 5.75 Å². The zero-order valence-corrected chi connectivity index (χ0v) is 13.8. The molecule has 0 radical (unpaired) electrons. The molecule has 2 rings (SSSR count). The first kappa shape index (κ1) is 17.0. The molecule has 0 aliphatic carbocycles. The zero-order valence-electron chi connectivity index (χ0n) is 13.8. The maximum Gasteiger partial charge on any atom is 0.234 e. The Morgan fingerprint density at radius 3 is 2.48 bits per heavy atom. The molecule has 0 unspecified atom stereocenters. The highest BCUT2D eigenvalue weighted by Crippen LogP contribution is 2.16. The SMILES string of the molecule is CCN(CC(=O)NCc1ccccc1OC)Cc1ccccc1. The van der Waals surface area contributed by atoms with Gasteiger partial charge in [-0.15, -0.1) is 0 Å². The fourth-order valence-corrected chi connectivity index (χ4v) is 2.42. The number of carbonyl (C=O) groups excluding carboxylic acids is 1. The van der Waals surface area contributed by atoms with Gasteiger partial charge in [-0.1, -0.05) is 55.5 Å². The average molecular weight is 312 g/mol. The molecule has 0 heterocycles. The number of para-hydroxylation sites is 1. The molecule has 1 N–H and O–H groups in total. The summed E-state index contributed by atoms with van der Waals surface area (Å²) < 4.78 is 5.30. The lowest BCUT2D eigenvalue weighted by molar-refractivity contribution is -0.122. The fourth-order valence-electron chi connectivity index (χ4n) is 2.42. The maximum atomic E-state index is 12.2. The largest absolute Gasteiger partial charge is 0.496 e. The van der Waals surface area contributed by atoms with Gasteiger partial charge in [0.05, 0.1) is 13.7 Å². The van der Waals surface area contributed by atoms with Gasteiger partial charge in [0.1, 0.15) is 5.75 Å². The number of benzene rings is 2. The van der Waals surface area contributed by atoms with Gasteiger partial charge in [0.2, 0.25) is 5.91 Å². The quantitative estimate of drug-likeness (QED) is 0.815. The van der Waals surface area contributed by atoms with Crippen LogP contribution in [0.2, 0.25) is 0 Å². The number of hydrogen-bond donors (Lipinski definition) is 1. The highest BCUT2D eigenvalue weighted by molar-refractivity contribution is 5.78. The molecular weight excluding hydrogens is 288 g/mol. The Labute approximate surface area is 138 Å². The van der Waals surface area contributed by atoms with E-state index < -0.39 is 0 Å². The fraction of sp³-hybridized carbons (Fsp3) is 0.316. The minimum Gasteiger partial charge on any atom is -0.496 e. The standard InChI is InChI=1S/C19H24N2O2/c1-3-21(14-16-9-5-4-6-10-16)15-19(22)20-13-17-11-7-8-12-18(17)23-2/h4-12H,3,13-15H2,1-2H3,(H,20,22). The second kappa shape index (κ2) is 8.96. The van der Waals surface area contributed by atoms with E-state index in [1.807, 2.05) is 42.5 Å². The molecule has 0 fully saturated rings. The van der Waals surface area contributed by atoms with Crippen molar-refractivity contribution in [3.8, 4) is 5.75 Å². The first-order valence-corrected chi connectivity index (χ1v) is 7.87. The molecule has 0 aliphatic rings. The summed E-state index contributed by atoms with van der Waals surface area (Å²) in [6.45, 7) is 4.54. The van der Waals surface area contributed by atoms with E-state index in [0.29, 0.717) is 13.1 Å². The summed E-state index contributed by atoms with van der Waals surface area (Å²) in [5, 5.41) is 2.96. The molecule has 1 amide bonds. The molecule has 2 aromatic rings. The van der Waals surface area contributed by atoms with Crippen LogP contribution in [0.15, 0.2) is 54.6 Å². The van der Waals surface area contributed by atoms with Crippen molar-refractivity contribution in [3.05, 3.63) is 65.7 Å². The summed E-state index contributed by atoms with van der Waals surface area (Å²) in [7, 11) is 1.64. The van der Waals surface area contributed by atoms with Crippen molar-refractivity contribution in [1.82, 2.24) is 10.2 Å². The number of rotatable bonds is 8. The Bertz CT molecular complexity index is 614. The van der Waals surface area contributed by atoms with Crippen molar-refractivity contribution in [1.29, 1.82) is 0 Å². The molecule has 0 saturated heterocycles. The maximum absolute atomic E-state index is 12.2. The third-order valence-corrected chi connectivity index (χ3v) is 3.73. The number of nitrogens with one attached hydrogen (secondary N) is 1. The number of nitrogens with zero attached hydrogens (tertiary/aromatic N) is 1. The van der Waals surface area contributed by atoms with Crippen molar-refractivity contribution in [2.45, 2.75) is 20.0 Å². The van der Waals surface area contributed by atoms with Crippen LogP contribution < -0.4 is 10.1 Å². The molecule has 0 aromatic heterocycles. The predicted octanol–water partition coefficient (Wildman–Crippen LogP) is 2.83. The summed E-state index contributed by atoms with van der Waals surface area (Å²) in [5.74, 6) is 0.818. The molecule has 0 bridgehead atoms. The molecule has 0 spiro atoms. The van der Waals surface area contributed by atoms with Crippen LogP contribution in [0.4, 0.5) is 0 Å². The summed E-state index contributed by atoms with van der Waals surface area (Å²) >= 11 is 0. The summed E-state index contributed by atoms with van der Waals surface area (Å²) in [6, 6.07) is 17.9. The van der Waals surface area contributed by atoms with Gasteiger partial charge < -0.3 is 10.1 Å². The van der Waals surface area contributed by atoms with Gasteiger partial charge in [0.15, 0.2) is 0 Å². The Hall–Kier alpha value is -2.33. The van der Waals surface area contributed by atoms with Crippen LogP contribution in [0, 0.1) is 0 Å². The van der Waals surface area contributed by atoms with Gasteiger partial charge in [-0.3, -0.25) is 9.69 Å². The van der Waals surface area contributed by atoms with E-state index in [9.17, 15) is 4.79 Å². The van der Waals surface area contributed by atoms with Gasteiger partial charge in [-0.25, -0.2) is 0 Å².